The standard InChI is InChI=1S/C12H25N3O2/c1-8(2)7-10(14)12(17)15-11(9(3)16)5-4-6-13/h8,10-11H,4-7,13-14H2,1-3H3,(H,15,17). The van der Waals surface area contributed by atoms with Crippen molar-refractivity contribution in [2.24, 2.45) is 17.4 Å². The summed E-state index contributed by atoms with van der Waals surface area (Å²) < 4.78 is 0. The van der Waals surface area contributed by atoms with Crippen LogP contribution < -0.4 is 16.8 Å². The highest BCUT2D eigenvalue weighted by Gasteiger charge is 2.21. The third-order valence-electron chi connectivity index (χ3n) is 2.57. The molecule has 1 amide bonds. The van der Waals surface area contributed by atoms with Gasteiger partial charge in [-0.3, -0.25) is 9.59 Å². The van der Waals surface area contributed by atoms with Crippen molar-refractivity contribution in [1.29, 1.82) is 0 Å². The lowest BCUT2D eigenvalue weighted by Crippen LogP contribution is -2.48. The second kappa shape index (κ2) is 8.20. The van der Waals surface area contributed by atoms with Crippen LogP contribution in [0.15, 0.2) is 0 Å². The minimum atomic E-state index is -0.547. The molecule has 0 aliphatic carbocycles. The van der Waals surface area contributed by atoms with Crippen LogP contribution in [0.3, 0.4) is 0 Å². The van der Waals surface area contributed by atoms with Gasteiger partial charge in [0.05, 0.1) is 12.1 Å². The summed E-state index contributed by atoms with van der Waals surface area (Å²) in [5, 5.41) is 2.69. The molecule has 2 atom stereocenters. The highest BCUT2D eigenvalue weighted by Crippen LogP contribution is 2.04. The fraction of sp³-hybridized carbons (Fsp3) is 0.833. The molecular formula is C12H25N3O2. The molecule has 0 radical (unpaired) electrons. The van der Waals surface area contributed by atoms with Crippen LogP contribution in [0.5, 0.6) is 0 Å². The van der Waals surface area contributed by atoms with E-state index in [1.807, 2.05) is 13.8 Å². The number of Topliss-reactive ketones (excluding diaryl/α,β-unsaturated/α-hetero) is 1. The normalized spacial score (nSPS) is 14.5. The van der Waals surface area contributed by atoms with Crippen LogP contribution in [0.4, 0.5) is 0 Å². The van der Waals surface area contributed by atoms with Gasteiger partial charge in [-0.2, -0.15) is 0 Å². The molecule has 0 rings (SSSR count). The molecule has 0 aromatic rings. The molecule has 0 aliphatic rings. The monoisotopic (exact) mass is 243 g/mol. The Kier molecular flexibility index (Phi) is 7.74. The quantitative estimate of drug-likeness (QED) is 0.566. The molecule has 0 aromatic carbocycles. The van der Waals surface area contributed by atoms with Crippen molar-refractivity contribution >= 4 is 11.7 Å². The molecule has 0 bridgehead atoms. The zero-order valence-electron chi connectivity index (χ0n) is 11.0. The number of hydrogen-bond donors (Lipinski definition) is 3. The van der Waals surface area contributed by atoms with Gasteiger partial charge in [0.2, 0.25) is 5.91 Å². The van der Waals surface area contributed by atoms with E-state index >= 15 is 0 Å². The fourth-order valence-electron chi connectivity index (χ4n) is 1.59. The molecule has 0 aromatic heterocycles. The number of nitrogens with one attached hydrogen (secondary N) is 1. The number of ketones is 1. The molecule has 5 heteroatoms. The average molecular weight is 243 g/mol. The van der Waals surface area contributed by atoms with Gasteiger partial charge < -0.3 is 16.8 Å². The molecule has 0 saturated heterocycles. The van der Waals surface area contributed by atoms with E-state index in [0.717, 1.165) is 0 Å². The molecule has 0 saturated carbocycles. The molecule has 2 unspecified atom stereocenters. The maximum atomic E-state index is 11.7. The van der Waals surface area contributed by atoms with Crippen LogP contribution in [-0.2, 0) is 9.59 Å². The van der Waals surface area contributed by atoms with Crippen molar-refractivity contribution in [1.82, 2.24) is 5.32 Å². The lowest BCUT2D eigenvalue weighted by atomic mass is 10.0. The second-order valence-electron chi connectivity index (χ2n) is 4.84. The lowest BCUT2D eigenvalue weighted by Gasteiger charge is -2.19. The summed E-state index contributed by atoms with van der Waals surface area (Å²) in [7, 11) is 0. The van der Waals surface area contributed by atoms with Crippen molar-refractivity contribution in [2.75, 3.05) is 6.54 Å². The number of hydrogen-bond acceptors (Lipinski definition) is 4. The van der Waals surface area contributed by atoms with Gasteiger partial charge in [-0.05, 0) is 38.6 Å². The van der Waals surface area contributed by atoms with E-state index in [0.29, 0.717) is 31.7 Å². The largest absolute Gasteiger partial charge is 0.345 e. The summed E-state index contributed by atoms with van der Waals surface area (Å²) in [6, 6.07) is -1.00. The van der Waals surface area contributed by atoms with E-state index in [4.69, 9.17) is 11.5 Å². The number of carbonyl (C=O) groups excluding carboxylic acids is 2. The molecule has 5 nitrogen and oxygen atoms in total. The minimum absolute atomic E-state index is 0.0523. The Morgan fingerprint density at radius 1 is 1.29 bits per heavy atom. The lowest BCUT2D eigenvalue weighted by molar-refractivity contribution is -0.128. The summed E-state index contributed by atoms with van der Waals surface area (Å²) in [6.45, 7) is 5.99. The number of nitrogens with two attached hydrogens (primary N) is 2. The van der Waals surface area contributed by atoms with Crippen molar-refractivity contribution < 1.29 is 9.59 Å². The van der Waals surface area contributed by atoms with Crippen LogP contribution in [0.25, 0.3) is 0 Å². The van der Waals surface area contributed by atoms with Gasteiger partial charge in [0.1, 0.15) is 0 Å². The zero-order valence-corrected chi connectivity index (χ0v) is 11.0. The molecule has 0 heterocycles. The predicted molar refractivity (Wildman–Crippen MR) is 68.3 cm³/mol. The van der Waals surface area contributed by atoms with Gasteiger partial charge in [-0.1, -0.05) is 13.8 Å². The molecule has 5 N–H and O–H groups in total. The van der Waals surface area contributed by atoms with E-state index < -0.39 is 12.1 Å². The Labute approximate surface area is 103 Å². The average Bonchev–Trinajstić information content (AvgIpc) is 2.22. The van der Waals surface area contributed by atoms with E-state index in [1.54, 1.807) is 0 Å². The minimum Gasteiger partial charge on any atom is -0.345 e. The van der Waals surface area contributed by atoms with Gasteiger partial charge in [0, 0.05) is 0 Å². The molecule has 0 aliphatic heterocycles. The van der Waals surface area contributed by atoms with Crippen molar-refractivity contribution in [3.05, 3.63) is 0 Å². The van der Waals surface area contributed by atoms with Crippen LogP contribution in [0, 0.1) is 5.92 Å². The smallest absolute Gasteiger partial charge is 0.237 e. The molecular weight excluding hydrogens is 218 g/mol. The predicted octanol–water partition coefficient (Wildman–Crippen LogP) is 0.173. The molecule has 100 valence electrons. The van der Waals surface area contributed by atoms with Gasteiger partial charge in [-0.15, -0.1) is 0 Å². The van der Waals surface area contributed by atoms with Crippen LogP contribution in [-0.4, -0.2) is 30.3 Å². The Hall–Kier alpha value is -0.940. The van der Waals surface area contributed by atoms with Crippen LogP contribution >= 0.6 is 0 Å². The second-order valence-corrected chi connectivity index (χ2v) is 4.84. The highest BCUT2D eigenvalue weighted by atomic mass is 16.2. The third-order valence-corrected chi connectivity index (χ3v) is 2.57. The Balaban J connectivity index is 4.24. The van der Waals surface area contributed by atoms with Gasteiger partial charge in [0.25, 0.3) is 0 Å². The first-order chi connectivity index (χ1) is 7.88. The SMILES string of the molecule is CC(=O)C(CCCN)NC(=O)C(N)CC(C)C. The van der Waals surface area contributed by atoms with Gasteiger partial charge in [-0.25, -0.2) is 0 Å². The summed E-state index contributed by atoms with van der Waals surface area (Å²) in [6.07, 6.45) is 1.91. The first-order valence-electron chi connectivity index (χ1n) is 6.15. The number of carbonyl (C=O) groups is 2. The highest BCUT2D eigenvalue weighted by molar-refractivity contribution is 5.89. The first kappa shape index (κ1) is 16.1. The van der Waals surface area contributed by atoms with Gasteiger partial charge in [0.15, 0.2) is 5.78 Å². The maximum absolute atomic E-state index is 11.7. The van der Waals surface area contributed by atoms with Gasteiger partial charge >= 0.3 is 0 Å². The number of amides is 1. The summed E-state index contributed by atoms with van der Waals surface area (Å²) >= 11 is 0. The molecule has 0 spiro atoms. The Morgan fingerprint density at radius 3 is 2.29 bits per heavy atom. The van der Waals surface area contributed by atoms with Crippen LogP contribution in [0.1, 0.15) is 40.0 Å². The van der Waals surface area contributed by atoms with Crippen molar-refractivity contribution in [2.45, 2.75) is 52.1 Å². The third kappa shape index (κ3) is 7.07. The van der Waals surface area contributed by atoms with E-state index in [2.05, 4.69) is 5.32 Å². The molecule has 0 fully saturated rings. The fourth-order valence-corrected chi connectivity index (χ4v) is 1.59. The van der Waals surface area contributed by atoms with E-state index in [1.165, 1.54) is 6.92 Å². The van der Waals surface area contributed by atoms with E-state index in [9.17, 15) is 9.59 Å². The summed E-state index contributed by atoms with van der Waals surface area (Å²) in [4.78, 5) is 23.1. The van der Waals surface area contributed by atoms with Crippen LogP contribution in [0.2, 0.25) is 0 Å². The zero-order chi connectivity index (χ0) is 13.4. The maximum Gasteiger partial charge on any atom is 0.237 e. The van der Waals surface area contributed by atoms with Crippen molar-refractivity contribution in [3.8, 4) is 0 Å². The first-order valence-corrected chi connectivity index (χ1v) is 6.15. The van der Waals surface area contributed by atoms with Crippen molar-refractivity contribution in [3.63, 3.8) is 0 Å². The molecule has 17 heavy (non-hydrogen) atoms. The Bertz CT molecular complexity index is 254. The summed E-state index contributed by atoms with van der Waals surface area (Å²) in [5.74, 6) is 0.0510. The topological polar surface area (TPSA) is 98.2 Å². The Morgan fingerprint density at radius 2 is 1.88 bits per heavy atom. The van der Waals surface area contributed by atoms with E-state index in [-0.39, 0.29) is 11.7 Å². The summed E-state index contributed by atoms with van der Waals surface area (Å²) in [5.41, 5.74) is 11.1. The number of rotatable bonds is 8.